The van der Waals surface area contributed by atoms with Crippen molar-refractivity contribution in [3.8, 4) is 10.6 Å². The van der Waals surface area contributed by atoms with Crippen molar-refractivity contribution >= 4 is 27.2 Å². The Balaban J connectivity index is 1.77. The lowest BCUT2D eigenvalue weighted by molar-refractivity contribution is -0.137. The number of hydrogen-bond acceptors (Lipinski definition) is 6. The lowest BCUT2D eigenvalue weighted by Gasteiger charge is -2.22. The van der Waals surface area contributed by atoms with Gasteiger partial charge in [-0.15, -0.1) is 11.3 Å². The number of nitrogens with zero attached hydrogens (tertiary/aromatic N) is 2. The third-order valence-corrected chi connectivity index (χ3v) is 6.86. The highest BCUT2D eigenvalue weighted by molar-refractivity contribution is 7.86. The Hall–Kier alpha value is -2.72. The lowest BCUT2D eigenvalue weighted by Crippen LogP contribution is -2.22. The largest absolute Gasteiger partial charge is 0.417 e. The number of thiophene rings is 1. The zero-order valence-electron chi connectivity index (χ0n) is 16.3. The third-order valence-electron chi connectivity index (χ3n) is 4.84. The summed E-state index contributed by atoms with van der Waals surface area (Å²) in [5.74, 6) is 0. The molecule has 4 rings (SSSR count). The predicted octanol–water partition coefficient (Wildman–Crippen LogP) is 5.58. The molecule has 2 aromatic heterocycles. The second-order valence-corrected chi connectivity index (χ2v) is 9.56. The van der Waals surface area contributed by atoms with Crippen LogP contribution in [0.3, 0.4) is 0 Å². The zero-order valence-corrected chi connectivity index (χ0v) is 17.9. The number of hydrogen-bond donors (Lipinski definition) is 0. The lowest BCUT2D eigenvalue weighted by atomic mass is 9.89. The molecule has 31 heavy (non-hydrogen) atoms. The molecule has 162 valence electrons. The highest BCUT2D eigenvalue weighted by Gasteiger charge is 2.38. The van der Waals surface area contributed by atoms with E-state index in [1.807, 2.05) is 0 Å². The van der Waals surface area contributed by atoms with E-state index in [0.717, 1.165) is 11.6 Å². The molecule has 0 N–H and O–H groups in total. The van der Waals surface area contributed by atoms with Gasteiger partial charge in [-0.1, -0.05) is 28.9 Å². The van der Waals surface area contributed by atoms with Gasteiger partial charge in [0.15, 0.2) is 0 Å². The van der Waals surface area contributed by atoms with Crippen molar-refractivity contribution in [3.63, 3.8) is 0 Å². The van der Waals surface area contributed by atoms with E-state index < -0.39 is 21.9 Å². The molecule has 0 unspecified atom stereocenters. The minimum absolute atomic E-state index is 0.0745. The van der Waals surface area contributed by atoms with Crippen LogP contribution in [0.25, 0.3) is 10.6 Å². The van der Waals surface area contributed by atoms with Gasteiger partial charge >= 0.3 is 16.3 Å². The Labute approximate surface area is 181 Å². The summed E-state index contributed by atoms with van der Waals surface area (Å²) in [6.07, 6.45) is -3.69. The van der Waals surface area contributed by atoms with Gasteiger partial charge in [0.25, 0.3) is 0 Å². The average Bonchev–Trinajstić information content (AvgIpc) is 3.26. The molecule has 1 aliphatic carbocycles. The summed E-state index contributed by atoms with van der Waals surface area (Å²) in [7, 11) is -4.26. The summed E-state index contributed by atoms with van der Waals surface area (Å²) in [6.45, 7) is 1.80. The Bertz CT molecular complexity index is 1230. The van der Waals surface area contributed by atoms with Crippen molar-refractivity contribution in [2.45, 2.75) is 37.3 Å². The van der Waals surface area contributed by atoms with Crippen LogP contribution in [0.15, 0.2) is 57.9 Å². The number of benzene rings is 1. The Morgan fingerprint density at radius 3 is 2.52 bits per heavy atom. The van der Waals surface area contributed by atoms with Crippen LogP contribution >= 0.6 is 11.3 Å². The zero-order chi connectivity index (χ0) is 22.2. The van der Waals surface area contributed by atoms with Crippen LogP contribution in [0, 0.1) is 6.92 Å². The van der Waals surface area contributed by atoms with Crippen molar-refractivity contribution < 1.29 is 25.9 Å². The van der Waals surface area contributed by atoms with E-state index in [1.165, 1.54) is 23.5 Å². The molecule has 0 atom stereocenters. The number of pyridine rings is 1. The van der Waals surface area contributed by atoms with Crippen LogP contribution in [0.4, 0.5) is 13.2 Å². The normalized spacial score (nSPS) is 15.7. The number of rotatable bonds is 4. The molecule has 10 heteroatoms. The van der Waals surface area contributed by atoms with Crippen molar-refractivity contribution in [3.05, 3.63) is 70.2 Å². The number of aryl methyl sites for hydroxylation is 2. The summed E-state index contributed by atoms with van der Waals surface area (Å²) < 4.78 is 71.4. The van der Waals surface area contributed by atoms with Gasteiger partial charge in [0.2, 0.25) is 0 Å². The number of fused-ring (bicyclic) bond motifs is 1. The monoisotopic (exact) mass is 466 g/mol. The van der Waals surface area contributed by atoms with E-state index in [-0.39, 0.29) is 34.0 Å². The third kappa shape index (κ3) is 4.49. The maximum Gasteiger partial charge on any atom is 0.417 e. The Morgan fingerprint density at radius 1 is 1.13 bits per heavy atom. The molecular weight excluding hydrogens is 449 g/mol. The average molecular weight is 467 g/mol. The summed E-state index contributed by atoms with van der Waals surface area (Å²) in [5.41, 5.74) is 0.160. The molecule has 1 aromatic carbocycles. The number of halogens is 3. The molecule has 0 bridgehead atoms. The quantitative estimate of drug-likeness (QED) is 0.471. The van der Waals surface area contributed by atoms with Gasteiger partial charge < -0.3 is 0 Å². The minimum Gasteiger partial charge on any atom is -0.264 e. The molecule has 0 saturated heterocycles. The van der Waals surface area contributed by atoms with Crippen LogP contribution in [-0.2, 0) is 27.0 Å². The molecule has 0 aliphatic heterocycles. The minimum atomic E-state index is -4.66. The summed E-state index contributed by atoms with van der Waals surface area (Å²) in [5, 5.41) is 5.42. The van der Waals surface area contributed by atoms with Crippen LogP contribution in [0.5, 0.6) is 0 Å². The highest BCUT2D eigenvalue weighted by atomic mass is 32.2. The molecule has 0 saturated carbocycles. The molecule has 1 aliphatic rings. The van der Waals surface area contributed by atoms with Gasteiger partial charge in [-0.2, -0.15) is 21.6 Å². The van der Waals surface area contributed by atoms with Gasteiger partial charge in [-0.25, -0.2) is 0 Å². The predicted molar refractivity (Wildman–Crippen MR) is 111 cm³/mol. The summed E-state index contributed by atoms with van der Waals surface area (Å²) >= 11 is 1.29. The fourth-order valence-corrected chi connectivity index (χ4v) is 4.79. The standard InChI is InChI=1S/C21H17F3N2O3S2/c1-13-7-9-14(10-8-13)31(27,28)29-26-17-5-2-4-16-20(17)15(21(22,23)24)12-18(25-16)19-6-3-11-30-19/h3,6-12H,2,4-5H2,1H3/b26-17+. The van der Waals surface area contributed by atoms with Gasteiger partial charge in [-0.3, -0.25) is 9.27 Å². The van der Waals surface area contributed by atoms with Gasteiger partial charge in [-0.05, 0) is 55.8 Å². The molecule has 2 heterocycles. The van der Waals surface area contributed by atoms with E-state index in [4.69, 9.17) is 4.28 Å². The first-order chi connectivity index (χ1) is 14.6. The van der Waals surface area contributed by atoms with Crippen molar-refractivity contribution in [2.24, 2.45) is 5.16 Å². The van der Waals surface area contributed by atoms with Crippen LogP contribution in [0.2, 0.25) is 0 Å². The summed E-state index contributed by atoms with van der Waals surface area (Å²) in [4.78, 5) is 4.91. The molecule has 3 aromatic rings. The first kappa shape index (κ1) is 21.5. The Morgan fingerprint density at radius 2 is 1.87 bits per heavy atom. The van der Waals surface area contributed by atoms with Crippen LogP contribution in [0.1, 0.15) is 35.2 Å². The number of alkyl halides is 3. The molecule has 0 spiro atoms. The molecule has 0 fully saturated rings. The molecule has 0 amide bonds. The van der Waals surface area contributed by atoms with Gasteiger partial charge in [0.1, 0.15) is 4.90 Å². The first-order valence-electron chi connectivity index (χ1n) is 9.38. The molecular formula is C21H17F3N2O3S2. The van der Waals surface area contributed by atoms with E-state index >= 15 is 0 Å². The van der Waals surface area contributed by atoms with Gasteiger partial charge in [0, 0.05) is 5.56 Å². The second kappa shape index (κ2) is 8.08. The SMILES string of the molecule is Cc1ccc(S(=O)(=O)O/N=C2\CCCc3nc(-c4cccs4)cc(C(F)(F)F)c32)cc1. The number of aromatic nitrogens is 1. The Kier molecular flexibility index (Phi) is 5.61. The van der Waals surface area contributed by atoms with Gasteiger partial charge in [0.05, 0.1) is 27.5 Å². The number of oxime groups is 1. The fraction of sp³-hybridized carbons (Fsp3) is 0.238. The first-order valence-corrected chi connectivity index (χ1v) is 11.7. The van der Waals surface area contributed by atoms with E-state index in [0.29, 0.717) is 17.7 Å². The maximum atomic E-state index is 13.9. The van der Waals surface area contributed by atoms with E-state index in [2.05, 4.69) is 10.1 Å². The maximum absolute atomic E-state index is 13.9. The molecule has 0 radical (unpaired) electrons. The smallest absolute Gasteiger partial charge is 0.264 e. The van der Waals surface area contributed by atoms with Crippen molar-refractivity contribution in [2.75, 3.05) is 0 Å². The van der Waals surface area contributed by atoms with Crippen molar-refractivity contribution in [1.82, 2.24) is 4.98 Å². The van der Waals surface area contributed by atoms with Crippen LogP contribution in [-0.4, -0.2) is 19.1 Å². The van der Waals surface area contributed by atoms with E-state index in [1.54, 1.807) is 36.6 Å². The summed E-state index contributed by atoms with van der Waals surface area (Å²) in [6, 6.07) is 10.3. The van der Waals surface area contributed by atoms with Crippen LogP contribution < -0.4 is 0 Å². The topological polar surface area (TPSA) is 68.6 Å². The fourth-order valence-electron chi connectivity index (χ4n) is 3.36. The molecule has 5 nitrogen and oxygen atoms in total. The van der Waals surface area contributed by atoms with Crippen molar-refractivity contribution in [1.29, 1.82) is 0 Å². The second-order valence-electron chi connectivity index (χ2n) is 7.09. The van der Waals surface area contributed by atoms with E-state index in [9.17, 15) is 21.6 Å². The highest BCUT2D eigenvalue weighted by Crippen LogP contribution is 2.39.